The highest BCUT2D eigenvalue weighted by Crippen LogP contribution is 2.28. The van der Waals surface area contributed by atoms with Gasteiger partial charge < -0.3 is 11.1 Å². The second kappa shape index (κ2) is 7.70. The quantitative estimate of drug-likeness (QED) is 0.672. The molecule has 0 spiro atoms. The van der Waals surface area contributed by atoms with Crippen LogP contribution in [0.15, 0.2) is 0 Å². The standard InChI is InChI=1S/C14H28N2O/c1-11(2)10-13(15)14(17)16-9-5-8-12-6-3-4-7-12/h11-13H,3-10,15H2,1-2H3,(H,16,17)/t13-/m1/s1. The highest BCUT2D eigenvalue weighted by molar-refractivity contribution is 5.81. The smallest absolute Gasteiger partial charge is 0.236 e. The van der Waals surface area contributed by atoms with E-state index in [1.165, 1.54) is 32.1 Å². The van der Waals surface area contributed by atoms with Crippen molar-refractivity contribution >= 4 is 5.91 Å². The van der Waals surface area contributed by atoms with Crippen LogP contribution in [-0.4, -0.2) is 18.5 Å². The number of nitrogens with two attached hydrogens (primary N) is 1. The second-order valence-electron chi connectivity index (χ2n) is 5.82. The van der Waals surface area contributed by atoms with Gasteiger partial charge in [0.2, 0.25) is 5.91 Å². The predicted molar refractivity (Wildman–Crippen MR) is 71.6 cm³/mol. The number of carbonyl (C=O) groups excluding carboxylic acids is 1. The molecule has 0 heterocycles. The molecule has 0 bridgehead atoms. The molecule has 0 aromatic heterocycles. The summed E-state index contributed by atoms with van der Waals surface area (Å²) in [6.07, 6.45) is 8.72. The number of amides is 1. The van der Waals surface area contributed by atoms with Crippen molar-refractivity contribution in [2.24, 2.45) is 17.6 Å². The lowest BCUT2D eigenvalue weighted by Gasteiger charge is -2.14. The first-order chi connectivity index (χ1) is 8.09. The second-order valence-corrected chi connectivity index (χ2v) is 5.82. The van der Waals surface area contributed by atoms with E-state index in [1.54, 1.807) is 0 Å². The molecular formula is C14H28N2O. The molecule has 0 aromatic carbocycles. The van der Waals surface area contributed by atoms with E-state index in [0.29, 0.717) is 5.92 Å². The normalized spacial score (nSPS) is 18.6. The average Bonchev–Trinajstić information content (AvgIpc) is 2.75. The van der Waals surface area contributed by atoms with E-state index in [1.807, 2.05) is 0 Å². The van der Waals surface area contributed by atoms with Crippen molar-refractivity contribution in [3.05, 3.63) is 0 Å². The Labute approximate surface area is 106 Å². The van der Waals surface area contributed by atoms with Gasteiger partial charge in [-0.3, -0.25) is 4.79 Å². The van der Waals surface area contributed by atoms with Crippen molar-refractivity contribution < 1.29 is 4.79 Å². The molecule has 0 aliphatic heterocycles. The first-order valence-electron chi connectivity index (χ1n) is 7.13. The minimum Gasteiger partial charge on any atom is -0.355 e. The van der Waals surface area contributed by atoms with Crippen LogP contribution in [0.5, 0.6) is 0 Å². The Balaban J connectivity index is 2.02. The van der Waals surface area contributed by atoms with Crippen molar-refractivity contribution in [2.45, 2.75) is 64.8 Å². The molecule has 3 N–H and O–H groups in total. The number of nitrogens with one attached hydrogen (secondary N) is 1. The molecule has 0 saturated heterocycles. The Bertz CT molecular complexity index is 222. The molecule has 3 heteroatoms. The van der Waals surface area contributed by atoms with Crippen LogP contribution in [0.25, 0.3) is 0 Å². The highest BCUT2D eigenvalue weighted by Gasteiger charge is 2.16. The molecule has 1 rings (SSSR count). The van der Waals surface area contributed by atoms with Crippen molar-refractivity contribution in [1.82, 2.24) is 5.32 Å². The maximum absolute atomic E-state index is 11.6. The van der Waals surface area contributed by atoms with Crippen molar-refractivity contribution in [1.29, 1.82) is 0 Å². The summed E-state index contributed by atoms with van der Waals surface area (Å²) in [5.74, 6) is 1.41. The summed E-state index contributed by atoms with van der Waals surface area (Å²) in [7, 11) is 0. The minimum absolute atomic E-state index is 0.0186. The zero-order valence-electron chi connectivity index (χ0n) is 11.4. The van der Waals surface area contributed by atoms with E-state index in [0.717, 1.165) is 25.3 Å². The molecule has 1 fully saturated rings. The summed E-state index contributed by atoms with van der Waals surface area (Å²) >= 11 is 0. The lowest BCUT2D eigenvalue weighted by molar-refractivity contribution is -0.122. The molecule has 1 amide bonds. The molecule has 1 saturated carbocycles. The van der Waals surface area contributed by atoms with E-state index in [-0.39, 0.29) is 11.9 Å². The zero-order chi connectivity index (χ0) is 12.7. The molecule has 1 aliphatic rings. The Morgan fingerprint density at radius 1 is 1.35 bits per heavy atom. The number of rotatable bonds is 7. The Hall–Kier alpha value is -0.570. The minimum atomic E-state index is -0.332. The molecule has 0 unspecified atom stereocenters. The van der Waals surface area contributed by atoms with Gasteiger partial charge in [-0.15, -0.1) is 0 Å². The van der Waals surface area contributed by atoms with Gasteiger partial charge in [0.05, 0.1) is 6.04 Å². The molecular weight excluding hydrogens is 212 g/mol. The van der Waals surface area contributed by atoms with Crippen LogP contribution >= 0.6 is 0 Å². The summed E-state index contributed by atoms with van der Waals surface area (Å²) in [5, 5.41) is 2.95. The SMILES string of the molecule is CC(C)C[C@@H](N)C(=O)NCCCC1CCCC1. The van der Waals surface area contributed by atoms with Gasteiger partial charge in [-0.2, -0.15) is 0 Å². The maximum atomic E-state index is 11.6. The molecule has 1 aliphatic carbocycles. The van der Waals surface area contributed by atoms with E-state index >= 15 is 0 Å². The fraction of sp³-hybridized carbons (Fsp3) is 0.929. The van der Waals surface area contributed by atoms with Gasteiger partial charge in [-0.05, 0) is 31.1 Å². The molecule has 17 heavy (non-hydrogen) atoms. The van der Waals surface area contributed by atoms with Crippen LogP contribution in [0.2, 0.25) is 0 Å². The number of hydrogen-bond acceptors (Lipinski definition) is 2. The van der Waals surface area contributed by atoms with E-state index < -0.39 is 0 Å². The number of hydrogen-bond donors (Lipinski definition) is 2. The summed E-state index contributed by atoms with van der Waals surface area (Å²) in [5.41, 5.74) is 5.81. The molecule has 0 radical (unpaired) electrons. The molecule has 1 atom stereocenters. The third-order valence-electron chi connectivity index (χ3n) is 3.63. The van der Waals surface area contributed by atoms with Crippen molar-refractivity contribution in [2.75, 3.05) is 6.54 Å². The highest BCUT2D eigenvalue weighted by atomic mass is 16.2. The van der Waals surface area contributed by atoms with Gasteiger partial charge in [-0.25, -0.2) is 0 Å². The van der Waals surface area contributed by atoms with Crippen LogP contribution in [0.4, 0.5) is 0 Å². The summed E-state index contributed by atoms with van der Waals surface area (Å²) in [6, 6.07) is -0.332. The van der Waals surface area contributed by atoms with Gasteiger partial charge in [0.15, 0.2) is 0 Å². The maximum Gasteiger partial charge on any atom is 0.236 e. The van der Waals surface area contributed by atoms with Crippen LogP contribution in [0.1, 0.15) is 58.8 Å². The molecule has 100 valence electrons. The van der Waals surface area contributed by atoms with Crippen molar-refractivity contribution in [3.63, 3.8) is 0 Å². The third-order valence-corrected chi connectivity index (χ3v) is 3.63. The summed E-state index contributed by atoms with van der Waals surface area (Å²) in [6.45, 7) is 4.97. The molecule has 0 aromatic rings. The first-order valence-corrected chi connectivity index (χ1v) is 7.13. The van der Waals surface area contributed by atoms with Gasteiger partial charge >= 0.3 is 0 Å². The fourth-order valence-electron chi connectivity index (χ4n) is 2.65. The van der Waals surface area contributed by atoms with Crippen LogP contribution in [0.3, 0.4) is 0 Å². The topological polar surface area (TPSA) is 55.1 Å². The van der Waals surface area contributed by atoms with Gasteiger partial charge in [0.25, 0.3) is 0 Å². The van der Waals surface area contributed by atoms with Crippen LogP contribution < -0.4 is 11.1 Å². The Morgan fingerprint density at radius 3 is 2.59 bits per heavy atom. The Morgan fingerprint density at radius 2 is 2.00 bits per heavy atom. The first kappa shape index (κ1) is 14.5. The summed E-state index contributed by atoms with van der Waals surface area (Å²) < 4.78 is 0. The van der Waals surface area contributed by atoms with Gasteiger partial charge in [0, 0.05) is 6.54 Å². The third kappa shape index (κ3) is 6.06. The molecule has 3 nitrogen and oxygen atoms in total. The summed E-state index contributed by atoms with van der Waals surface area (Å²) in [4.78, 5) is 11.6. The zero-order valence-corrected chi connectivity index (χ0v) is 11.4. The van der Waals surface area contributed by atoms with Crippen LogP contribution in [0, 0.1) is 11.8 Å². The Kier molecular flexibility index (Phi) is 6.56. The van der Waals surface area contributed by atoms with E-state index in [4.69, 9.17) is 5.73 Å². The van der Waals surface area contributed by atoms with Crippen molar-refractivity contribution in [3.8, 4) is 0 Å². The number of carbonyl (C=O) groups is 1. The lowest BCUT2D eigenvalue weighted by atomic mass is 10.0. The van der Waals surface area contributed by atoms with Crippen LogP contribution in [-0.2, 0) is 4.79 Å². The lowest BCUT2D eigenvalue weighted by Crippen LogP contribution is -2.41. The largest absolute Gasteiger partial charge is 0.355 e. The van der Waals surface area contributed by atoms with Gasteiger partial charge in [-0.1, -0.05) is 39.5 Å². The fourth-order valence-corrected chi connectivity index (χ4v) is 2.65. The van der Waals surface area contributed by atoms with Gasteiger partial charge in [0.1, 0.15) is 0 Å². The predicted octanol–water partition coefficient (Wildman–Crippen LogP) is 2.45. The van der Waals surface area contributed by atoms with E-state index in [2.05, 4.69) is 19.2 Å². The average molecular weight is 240 g/mol. The van der Waals surface area contributed by atoms with E-state index in [9.17, 15) is 4.79 Å². The monoisotopic (exact) mass is 240 g/mol.